The largest absolute Gasteiger partial charge is 0.496 e. The predicted molar refractivity (Wildman–Crippen MR) is 208 cm³/mol. The molecule has 0 saturated heterocycles. The number of hydrogen-bond donors (Lipinski definition) is 0. The Morgan fingerprint density at radius 3 is 2.29 bits per heavy atom. The molecule has 9 nitrogen and oxygen atoms in total. The number of allylic oxidation sites excluding steroid dienone is 4. The van der Waals surface area contributed by atoms with Crippen LogP contribution in [-0.4, -0.2) is 62.9 Å². The second kappa shape index (κ2) is 16.0. The van der Waals surface area contributed by atoms with Gasteiger partial charge in [0.2, 0.25) is 0 Å². The van der Waals surface area contributed by atoms with E-state index in [4.69, 9.17) is 23.7 Å². The van der Waals surface area contributed by atoms with Crippen molar-refractivity contribution in [3.8, 4) is 0 Å². The number of hydrogen-bond acceptors (Lipinski definition) is 9. The monoisotopic (exact) mass is 808 g/mol. The molecule has 0 aromatic heterocycles. The third-order valence-corrected chi connectivity index (χ3v) is 13.9. The summed E-state index contributed by atoms with van der Waals surface area (Å²) >= 11 is 0. The first-order valence-electron chi connectivity index (χ1n) is 20.2. The van der Waals surface area contributed by atoms with Gasteiger partial charge >= 0.3 is 24.1 Å². The Morgan fingerprint density at radius 1 is 0.983 bits per heavy atom. The average molecular weight is 809 g/mol. The van der Waals surface area contributed by atoms with E-state index in [1.165, 1.54) is 38.5 Å². The lowest BCUT2D eigenvalue weighted by Crippen LogP contribution is -2.57. The van der Waals surface area contributed by atoms with Crippen LogP contribution in [0, 0.1) is 40.4 Å². The number of ketones is 1. The molecule has 0 N–H and O–H groups in total. The number of Topliss-reactive ketones (excluding diaryl/α,β-unsaturated/α-hetero) is 1. The molecule has 10 atom stereocenters. The zero-order chi connectivity index (χ0) is 42.4. The summed E-state index contributed by atoms with van der Waals surface area (Å²) in [5.41, 5.74) is -6.54. The van der Waals surface area contributed by atoms with Crippen LogP contribution in [0.15, 0.2) is 89.3 Å². The van der Waals surface area contributed by atoms with Gasteiger partial charge < -0.3 is 23.7 Å². The Kier molecular flexibility index (Phi) is 11.9. The van der Waals surface area contributed by atoms with Crippen molar-refractivity contribution in [2.75, 3.05) is 21.3 Å². The highest BCUT2D eigenvalue weighted by Gasteiger charge is 2.68. The summed E-state index contributed by atoms with van der Waals surface area (Å²) in [4.78, 5) is 57.6. The molecular weight excluding hydrogens is 753 g/mol. The van der Waals surface area contributed by atoms with Crippen LogP contribution >= 0.6 is 0 Å². The van der Waals surface area contributed by atoms with Crippen molar-refractivity contribution in [2.45, 2.75) is 103 Å². The van der Waals surface area contributed by atoms with Gasteiger partial charge in [-0.1, -0.05) is 93.1 Å². The summed E-state index contributed by atoms with van der Waals surface area (Å²) in [7, 11) is 3.57. The molecule has 2 bridgehead atoms. The summed E-state index contributed by atoms with van der Waals surface area (Å²) < 4.78 is 74.0. The van der Waals surface area contributed by atoms with Gasteiger partial charge in [0.25, 0.3) is 5.60 Å². The first-order valence-corrected chi connectivity index (χ1v) is 20.2. The number of rotatable bonds is 8. The number of benzene rings is 1. The topological polar surface area (TPSA) is 114 Å². The summed E-state index contributed by atoms with van der Waals surface area (Å²) in [6.45, 7) is 9.46. The fourth-order valence-corrected chi connectivity index (χ4v) is 11.0. The highest BCUT2D eigenvalue weighted by atomic mass is 19.4. The van der Waals surface area contributed by atoms with Crippen LogP contribution in [0.1, 0.15) is 85.1 Å². The van der Waals surface area contributed by atoms with Crippen LogP contribution in [0.3, 0.4) is 0 Å². The van der Waals surface area contributed by atoms with E-state index in [9.17, 15) is 14.4 Å². The van der Waals surface area contributed by atoms with Gasteiger partial charge in [0.15, 0.2) is 17.1 Å². The van der Waals surface area contributed by atoms with Crippen molar-refractivity contribution in [1.82, 2.24) is 0 Å². The number of ether oxygens (including phenoxy) is 5. The van der Waals surface area contributed by atoms with E-state index in [1.807, 2.05) is 65.0 Å². The van der Waals surface area contributed by atoms with Crippen molar-refractivity contribution in [1.29, 1.82) is 0 Å². The van der Waals surface area contributed by atoms with Crippen LogP contribution in [0.4, 0.5) is 13.2 Å². The molecule has 4 aliphatic carbocycles. The number of fused-ring (bicyclic) bond motifs is 3. The second-order valence-corrected chi connectivity index (χ2v) is 16.8. The van der Waals surface area contributed by atoms with Crippen LogP contribution < -0.4 is 0 Å². The van der Waals surface area contributed by atoms with Crippen molar-refractivity contribution >= 4 is 23.7 Å². The summed E-state index contributed by atoms with van der Waals surface area (Å²) in [6.07, 6.45) is 8.18. The number of esters is 3. The number of carbonyl (C=O) groups is 4. The van der Waals surface area contributed by atoms with E-state index < -0.39 is 87.2 Å². The Morgan fingerprint density at radius 2 is 1.69 bits per heavy atom. The van der Waals surface area contributed by atoms with Crippen LogP contribution in [0.25, 0.3) is 0 Å². The lowest BCUT2D eigenvalue weighted by atomic mass is 9.50. The molecule has 0 unspecified atom stereocenters. The fourth-order valence-electron chi connectivity index (χ4n) is 11.0. The molecule has 5 aliphatic rings. The zero-order valence-electron chi connectivity index (χ0n) is 34.6. The highest BCUT2D eigenvalue weighted by molar-refractivity contribution is 6.22. The normalized spacial score (nSPS) is 34.7. The van der Waals surface area contributed by atoms with Gasteiger partial charge in [-0.2, -0.15) is 13.2 Å². The molecular formula is C46H55F3O9. The minimum Gasteiger partial charge on any atom is -0.496 e. The third kappa shape index (κ3) is 6.48. The minimum atomic E-state index is -5.17. The number of alkyl halides is 3. The first-order chi connectivity index (χ1) is 27.5. The molecule has 314 valence electrons. The molecule has 1 spiro atoms. The van der Waals surface area contributed by atoms with Gasteiger partial charge in [0, 0.05) is 36.0 Å². The smallest absolute Gasteiger partial charge is 0.432 e. The molecule has 58 heavy (non-hydrogen) atoms. The molecule has 1 heterocycles. The van der Waals surface area contributed by atoms with Crippen molar-refractivity contribution in [3.05, 3.63) is 94.8 Å². The fraction of sp³-hybridized carbons (Fsp3) is 0.565. The number of methoxy groups -OCH3 is 3. The molecule has 12 heteroatoms. The Labute approximate surface area is 338 Å². The summed E-state index contributed by atoms with van der Waals surface area (Å²) in [5, 5.41) is 0. The maximum atomic E-state index is 15.8. The zero-order valence-corrected chi connectivity index (χ0v) is 34.6. The van der Waals surface area contributed by atoms with Gasteiger partial charge in [-0.15, -0.1) is 0 Å². The highest BCUT2D eigenvalue weighted by Crippen LogP contribution is 2.61. The molecule has 1 saturated carbocycles. The van der Waals surface area contributed by atoms with Crippen LogP contribution in [0.5, 0.6) is 0 Å². The second-order valence-electron chi connectivity index (χ2n) is 16.8. The maximum Gasteiger partial charge on any atom is 0.432 e. The molecule has 0 amide bonds. The lowest BCUT2D eigenvalue weighted by molar-refractivity contribution is -0.280. The van der Waals surface area contributed by atoms with Crippen molar-refractivity contribution < 1.29 is 56.0 Å². The third-order valence-electron chi connectivity index (χ3n) is 13.9. The standard InChI is InChI=1S/C46H55F3O9/c1-9-29-25-44-38(54-6)35(40(52)58-44)37(50)43(10-2)30(17-15-14-16-27(3)24-42(44,5)26-33(29)39(51)55-7)21-22-32-34(43)23-20-28(4)36(32)57-41(53)45(56-8,46(47,48)49)31-18-12-11-13-19-31/h11-15,18-19,21-22,24,26,28-30,32,34,36H,9-10,16-17,20,23,25H2,1-8H3/t28-,29-,30+,32-,34+,36-,42-,43+,44+,45-/m0/s1. The SMILES string of the molecule is CC[C@H]1C[C@@]23OC(=O)C(=C2OC)C(=O)[C@@]2(CC)[C@@H]4CC[C@H](C)[C@H](OC(=O)[C@@](OC)(c5ccccc5)C(F)(F)F)[C@H]4C=C[C@H]2CC=CCC(C)=C[C@@]3(C)C=C1C(=O)OC. The summed E-state index contributed by atoms with van der Waals surface area (Å²) in [5.74, 6) is -5.74. The summed E-state index contributed by atoms with van der Waals surface area (Å²) in [6, 6.07) is 6.69. The maximum absolute atomic E-state index is 15.8. The van der Waals surface area contributed by atoms with E-state index in [-0.39, 0.29) is 30.1 Å². The quantitative estimate of drug-likeness (QED) is 0.110. The lowest BCUT2D eigenvalue weighted by Gasteiger charge is -2.54. The van der Waals surface area contributed by atoms with Gasteiger partial charge in [0.1, 0.15) is 11.7 Å². The average Bonchev–Trinajstić information content (AvgIpc) is 3.49. The predicted octanol–water partition coefficient (Wildman–Crippen LogP) is 8.84. The molecule has 0 radical (unpaired) electrons. The Bertz CT molecular complexity index is 1960. The first kappa shape index (κ1) is 43.1. The molecule has 1 aliphatic heterocycles. The number of halogens is 3. The van der Waals surface area contributed by atoms with E-state index in [1.54, 1.807) is 12.1 Å². The van der Waals surface area contributed by atoms with E-state index in [2.05, 4.69) is 0 Å². The molecule has 1 fully saturated rings. The van der Waals surface area contributed by atoms with Gasteiger partial charge in [-0.3, -0.25) is 4.79 Å². The van der Waals surface area contributed by atoms with Gasteiger partial charge in [-0.05, 0) is 76.0 Å². The van der Waals surface area contributed by atoms with Gasteiger partial charge in [-0.25, -0.2) is 14.4 Å². The van der Waals surface area contributed by atoms with Crippen molar-refractivity contribution in [3.63, 3.8) is 0 Å². The van der Waals surface area contributed by atoms with Crippen LogP contribution in [-0.2, 0) is 48.5 Å². The van der Waals surface area contributed by atoms with Crippen molar-refractivity contribution in [2.24, 2.45) is 40.4 Å². The Balaban J connectivity index is 1.52. The van der Waals surface area contributed by atoms with E-state index >= 15 is 18.0 Å². The molecule has 1 aromatic rings. The number of carbonyl (C=O) groups excluding carboxylic acids is 4. The van der Waals surface area contributed by atoms with E-state index in [0.717, 1.165) is 12.7 Å². The molecule has 1 aromatic carbocycles. The molecule has 6 rings (SSSR count). The van der Waals surface area contributed by atoms with Gasteiger partial charge in [0.05, 0.1) is 19.6 Å². The minimum absolute atomic E-state index is 0.0858. The van der Waals surface area contributed by atoms with Crippen LogP contribution in [0.2, 0.25) is 0 Å². The Hall–Kier alpha value is -4.45. The van der Waals surface area contributed by atoms with E-state index in [0.29, 0.717) is 37.7 Å².